The Morgan fingerprint density at radius 2 is 1.69 bits per heavy atom. The van der Waals surface area contributed by atoms with Crippen molar-refractivity contribution in [1.82, 2.24) is 9.29 Å². The Morgan fingerprint density at radius 1 is 0.885 bits per heavy atom. The number of nitrogens with one attached hydrogen (secondary N) is 1. The molecule has 0 amide bonds. The summed E-state index contributed by atoms with van der Waals surface area (Å²) >= 11 is 0. The fraction of sp³-hybridized carbons (Fsp3) is 0.143. The lowest BCUT2D eigenvalue weighted by atomic mass is 9.93. The van der Waals surface area contributed by atoms with Gasteiger partial charge >= 0.3 is 0 Å². The summed E-state index contributed by atoms with van der Waals surface area (Å²) in [5, 5.41) is 5.90. The first-order chi connectivity index (χ1) is 12.6. The molecule has 0 atom stereocenters. The minimum Gasteiger partial charge on any atom is -0.315 e. The van der Waals surface area contributed by atoms with Gasteiger partial charge in [0.05, 0.1) is 10.4 Å². The topological polar surface area (TPSA) is 51.1 Å². The lowest BCUT2D eigenvalue weighted by Crippen LogP contribution is -2.39. The number of rotatable bonds is 3. The molecule has 5 heteroatoms. The molecule has 1 aliphatic rings. The van der Waals surface area contributed by atoms with E-state index in [1.54, 1.807) is 18.3 Å². The van der Waals surface area contributed by atoms with Crippen LogP contribution in [0.5, 0.6) is 0 Å². The average molecular weight is 362 g/mol. The first kappa shape index (κ1) is 15.6. The molecular formula is C21H18N2O2S. The SMILES string of the molecule is O=S(=O)(c1cccc2ccccc12)n1ccc2cc(C3CNC3)ccc21. The van der Waals surface area contributed by atoms with Crippen molar-refractivity contribution < 1.29 is 8.42 Å². The minimum atomic E-state index is -3.67. The van der Waals surface area contributed by atoms with Crippen molar-refractivity contribution in [2.75, 3.05) is 13.1 Å². The summed E-state index contributed by atoms with van der Waals surface area (Å²) in [5.41, 5.74) is 1.98. The number of benzene rings is 3. The maximum atomic E-state index is 13.4. The molecule has 1 fully saturated rings. The van der Waals surface area contributed by atoms with Gasteiger partial charge in [0.1, 0.15) is 0 Å². The van der Waals surface area contributed by atoms with Crippen LogP contribution in [0.15, 0.2) is 77.8 Å². The van der Waals surface area contributed by atoms with Gasteiger partial charge in [-0.15, -0.1) is 0 Å². The molecule has 0 saturated carbocycles. The normalized spacial score (nSPS) is 15.4. The third-order valence-electron chi connectivity index (χ3n) is 5.22. The highest BCUT2D eigenvalue weighted by Gasteiger charge is 2.23. The predicted molar refractivity (Wildman–Crippen MR) is 104 cm³/mol. The van der Waals surface area contributed by atoms with Crippen molar-refractivity contribution in [3.05, 3.63) is 78.5 Å². The van der Waals surface area contributed by atoms with Gasteiger partial charge in [-0.1, -0.05) is 42.5 Å². The van der Waals surface area contributed by atoms with Gasteiger partial charge in [0.25, 0.3) is 10.0 Å². The van der Waals surface area contributed by atoms with Crippen molar-refractivity contribution >= 4 is 31.7 Å². The summed E-state index contributed by atoms with van der Waals surface area (Å²) in [5.74, 6) is 0.525. The second kappa shape index (κ2) is 5.69. The Morgan fingerprint density at radius 3 is 2.50 bits per heavy atom. The Hall–Kier alpha value is -2.63. The van der Waals surface area contributed by atoms with Crippen LogP contribution in [-0.2, 0) is 10.0 Å². The molecule has 1 saturated heterocycles. The number of aromatic nitrogens is 1. The van der Waals surface area contributed by atoms with Gasteiger partial charge in [-0.2, -0.15) is 0 Å². The minimum absolute atomic E-state index is 0.334. The van der Waals surface area contributed by atoms with Crippen LogP contribution in [0, 0.1) is 0 Å². The van der Waals surface area contributed by atoms with Gasteiger partial charge in [0, 0.05) is 36.0 Å². The van der Waals surface area contributed by atoms with E-state index in [-0.39, 0.29) is 0 Å². The van der Waals surface area contributed by atoms with E-state index in [1.165, 1.54) is 9.54 Å². The fourth-order valence-electron chi connectivity index (χ4n) is 3.65. The molecule has 1 aliphatic heterocycles. The Balaban J connectivity index is 1.68. The van der Waals surface area contributed by atoms with Gasteiger partial charge < -0.3 is 5.32 Å². The molecule has 3 aromatic carbocycles. The summed E-state index contributed by atoms with van der Waals surface area (Å²) in [6.45, 7) is 1.97. The molecule has 0 spiro atoms. The van der Waals surface area contributed by atoms with Gasteiger partial charge in [-0.25, -0.2) is 12.4 Å². The Kier molecular flexibility index (Phi) is 3.42. The van der Waals surface area contributed by atoms with Crippen LogP contribution in [0.1, 0.15) is 11.5 Å². The van der Waals surface area contributed by atoms with Crippen molar-refractivity contribution in [2.24, 2.45) is 0 Å². The van der Waals surface area contributed by atoms with E-state index in [1.807, 2.05) is 48.5 Å². The van der Waals surface area contributed by atoms with Crippen molar-refractivity contribution in [2.45, 2.75) is 10.8 Å². The molecule has 1 aromatic heterocycles. The molecule has 4 nitrogen and oxygen atoms in total. The van der Waals surface area contributed by atoms with E-state index in [4.69, 9.17) is 0 Å². The zero-order valence-corrected chi connectivity index (χ0v) is 14.9. The molecule has 0 aliphatic carbocycles. The van der Waals surface area contributed by atoms with Crippen molar-refractivity contribution in [1.29, 1.82) is 0 Å². The summed E-state index contributed by atoms with van der Waals surface area (Å²) in [4.78, 5) is 0.334. The van der Waals surface area contributed by atoms with E-state index in [0.717, 1.165) is 29.2 Å². The van der Waals surface area contributed by atoms with E-state index < -0.39 is 10.0 Å². The molecule has 4 aromatic rings. The van der Waals surface area contributed by atoms with Crippen LogP contribution in [0.3, 0.4) is 0 Å². The maximum absolute atomic E-state index is 13.4. The second-order valence-electron chi connectivity index (χ2n) is 6.77. The first-order valence-corrected chi connectivity index (χ1v) is 10.1. The first-order valence-electron chi connectivity index (χ1n) is 8.70. The molecule has 130 valence electrons. The van der Waals surface area contributed by atoms with Crippen LogP contribution in [0.4, 0.5) is 0 Å². The van der Waals surface area contributed by atoms with Gasteiger partial charge in [-0.3, -0.25) is 0 Å². The summed E-state index contributed by atoms with van der Waals surface area (Å²) in [6, 6.07) is 20.9. The summed E-state index contributed by atoms with van der Waals surface area (Å²) < 4.78 is 28.1. The van der Waals surface area contributed by atoms with Crippen molar-refractivity contribution in [3.63, 3.8) is 0 Å². The third kappa shape index (κ3) is 2.28. The molecule has 0 radical (unpaired) electrons. The van der Waals surface area contributed by atoms with Crippen molar-refractivity contribution in [3.8, 4) is 0 Å². The Labute approximate surface area is 152 Å². The molecular weight excluding hydrogens is 344 g/mol. The van der Waals surface area contributed by atoms with Gasteiger partial charge in [0.15, 0.2) is 0 Å². The number of nitrogens with zero attached hydrogens (tertiary/aromatic N) is 1. The Bertz CT molecular complexity index is 1230. The van der Waals surface area contributed by atoms with Crippen LogP contribution < -0.4 is 5.32 Å². The fourth-order valence-corrected chi connectivity index (χ4v) is 5.22. The molecule has 0 bridgehead atoms. The van der Waals surface area contributed by atoms with Gasteiger partial charge in [0.2, 0.25) is 0 Å². The number of hydrogen-bond acceptors (Lipinski definition) is 3. The number of hydrogen-bond donors (Lipinski definition) is 1. The third-order valence-corrected chi connectivity index (χ3v) is 6.97. The smallest absolute Gasteiger partial charge is 0.268 e. The predicted octanol–water partition coefficient (Wildman–Crippen LogP) is 3.72. The van der Waals surface area contributed by atoms with Crippen LogP contribution >= 0.6 is 0 Å². The second-order valence-corrected chi connectivity index (χ2v) is 8.55. The highest BCUT2D eigenvalue weighted by Crippen LogP contribution is 2.30. The van der Waals surface area contributed by atoms with Crippen LogP contribution in [0.25, 0.3) is 21.7 Å². The zero-order valence-electron chi connectivity index (χ0n) is 14.1. The van der Waals surface area contributed by atoms with E-state index >= 15 is 0 Å². The summed E-state index contributed by atoms with van der Waals surface area (Å²) in [6.07, 6.45) is 1.66. The lowest BCUT2D eigenvalue weighted by Gasteiger charge is -2.27. The quantitative estimate of drug-likeness (QED) is 0.604. The highest BCUT2D eigenvalue weighted by molar-refractivity contribution is 7.90. The zero-order chi connectivity index (χ0) is 17.7. The van der Waals surface area contributed by atoms with Crippen LogP contribution in [0.2, 0.25) is 0 Å². The average Bonchev–Trinajstić information content (AvgIpc) is 3.04. The monoisotopic (exact) mass is 362 g/mol. The molecule has 0 unspecified atom stereocenters. The highest BCUT2D eigenvalue weighted by atomic mass is 32.2. The molecule has 1 N–H and O–H groups in total. The standard InChI is InChI=1S/C21H18N2O2S/c24-26(25,21-7-3-5-15-4-1-2-6-19(15)21)23-11-10-17-12-16(8-9-20(17)23)18-13-22-14-18/h1-12,18,22H,13-14H2. The van der Waals surface area contributed by atoms with E-state index in [2.05, 4.69) is 11.4 Å². The largest absolute Gasteiger partial charge is 0.315 e. The van der Waals surface area contributed by atoms with Gasteiger partial charge in [-0.05, 0) is 35.2 Å². The van der Waals surface area contributed by atoms with Crippen LogP contribution in [-0.4, -0.2) is 25.5 Å². The van der Waals surface area contributed by atoms with E-state index in [9.17, 15) is 8.42 Å². The maximum Gasteiger partial charge on any atom is 0.268 e. The molecule has 26 heavy (non-hydrogen) atoms. The molecule has 2 heterocycles. The summed E-state index contributed by atoms with van der Waals surface area (Å²) in [7, 11) is -3.67. The number of fused-ring (bicyclic) bond motifs is 2. The van der Waals surface area contributed by atoms with E-state index in [0.29, 0.717) is 16.3 Å². The lowest BCUT2D eigenvalue weighted by molar-refractivity contribution is 0.449. The molecule has 5 rings (SSSR count).